The number of unbranched alkanes of at least 4 members (excludes halogenated alkanes) is 1. The molecule has 0 aromatic heterocycles. The number of hydrogen-bond donors (Lipinski definition) is 2. The molecule has 3 rings (SSSR count). The number of hydrogen-bond acceptors (Lipinski definition) is 4. The molecule has 2 aromatic carbocycles. The number of benzene rings is 2. The van der Waals surface area contributed by atoms with Crippen LogP contribution in [0.5, 0.6) is 0 Å². The lowest BCUT2D eigenvalue weighted by molar-refractivity contribution is -0.136. The molecular formula is C24H26ClN3O4. The van der Waals surface area contributed by atoms with Gasteiger partial charge in [0.1, 0.15) is 0 Å². The monoisotopic (exact) mass is 455 g/mol. The van der Waals surface area contributed by atoms with Crippen LogP contribution in [0.1, 0.15) is 48.7 Å². The highest BCUT2D eigenvalue weighted by atomic mass is 35.5. The Balaban J connectivity index is 1.85. The van der Waals surface area contributed by atoms with Crippen LogP contribution in [0.25, 0.3) is 0 Å². The Hall–Kier alpha value is -3.32. The van der Waals surface area contributed by atoms with E-state index in [1.165, 1.54) is 7.11 Å². The molecule has 1 aliphatic heterocycles. The van der Waals surface area contributed by atoms with Crippen molar-refractivity contribution in [3.8, 4) is 0 Å². The van der Waals surface area contributed by atoms with Crippen molar-refractivity contribution in [3.05, 3.63) is 76.0 Å². The SMILES string of the molecule is CCCCN1C(=O)NC(c2ccc(NC(=O)c3ccccc3Cl)cc2)C(C(=O)OC)=C1C. The second-order valence-corrected chi connectivity index (χ2v) is 7.84. The largest absolute Gasteiger partial charge is 0.466 e. The van der Waals surface area contributed by atoms with E-state index in [1.54, 1.807) is 60.4 Å². The minimum absolute atomic E-state index is 0.260. The van der Waals surface area contributed by atoms with Crippen LogP contribution in [-0.4, -0.2) is 36.5 Å². The summed E-state index contributed by atoms with van der Waals surface area (Å²) in [7, 11) is 1.32. The van der Waals surface area contributed by atoms with Crippen LogP contribution < -0.4 is 10.6 Å². The third kappa shape index (κ3) is 4.94. The number of carbonyl (C=O) groups is 3. The van der Waals surface area contributed by atoms with Gasteiger partial charge in [-0.2, -0.15) is 0 Å². The van der Waals surface area contributed by atoms with Crippen LogP contribution in [0.4, 0.5) is 10.5 Å². The number of nitrogens with one attached hydrogen (secondary N) is 2. The average molecular weight is 456 g/mol. The van der Waals surface area contributed by atoms with Gasteiger partial charge < -0.3 is 15.4 Å². The van der Waals surface area contributed by atoms with E-state index in [4.69, 9.17) is 16.3 Å². The Bertz CT molecular complexity index is 1050. The number of esters is 1. The van der Waals surface area contributed by atoms with E-state index in [2.05, 4.69) is 10.6 Å². The smallest absolute Gasteiger partial charge is 0.337 e. The highest BCUT2D eigenvalue weighted by Gasteiger charge is 2.35. The molecule has 0 spiro atoms. The Morgan fingerprint density at radius 1 is 1.16 bits per heavy atom. The number of amides is 3. The topological polar surface area (TPSA) is 87.7 Å². The van der Waals surface area contributed by atoms with Gasteiger partial charge in [-0.1, -0.05) is 49.2 Å². The summed E-state index contributed by atoms with van der Waals surface area (Å²) in [5.41, 5.74) is 2.59. The molecule has 1 aliphatic rings. The lowest BCUT2D eigenvalue weighted by Gasteiger charge is -2.35. The minimum atomic E-state index is -0.652. The summed E-state index contributed by atoms with van der Waals surface area (Å²) in [5.74, 6) is -0.822. The molecule has 0 saturated carbocycles. The van der Waals surface area contributed by atoms with Gasteiger partial charge in [0.25, 0.3) is 5.91 Å². The van der Waals surface area contributed by atoms with Crippen molar-refractivity contribution in [1.29, 1.82) is 0 Å². The summed E-state index contributed by atoms with van der Waals surface area (Å²) in [6.07, 6.45) is 1.75. The summed E-state index contributed by atoms with van der Waals surface area (Å²) in [6.45, 7) is 4.32. The van der Waals surface area contributed by atoms with Gasteiger partial charge in [0.15, 0.2) is 0 Å². The molecule has 32 heavy (non-hydrogen) atoms. The molecule has 168 valence electrons. The number of urea groups is 1. The number of halogens is 1. The van der Waals surface area contributed by atoms with Gasteiger partial charge in [-0.25, -0.2) is 9.59 Å². The van der Waals surface area contributed by atoms with Crippen molar-refractivity contribution in [3.63, 3.8) is 0 Å². The maximum Gasteiger partial charge on any atom is 0.337 e. The van der Waals surface area contributed by atoms with Crippen molar-refractivity contribution in [2.75, 3.05) is 19.0 Å². The first-order valence-electron chi connectivity index (χ1n) is 10.4. The first kappa shape index (κ1) is 23.3. The predicted octanol–water partition coefficient (Wildman–Crippen LogP) is 4.91. The molecule has 0 aliphatic carbocycles. The maximum atomic E-state index is 12.7. The molecule has 7 nitrogen and oxygen atoms in total. The molecule has 8 heteroatoms. The fourth-order valence-electron chi connectivity index (χ4n) is 3.59. The number of ether oxygens (including phenoxy) is 1. The van der Waals surface area contributed by atoms with E-state index in [-0.39, 0.29) is 11.9 Å². The summed E-state index contributed by atoms with van der Waals surface area (Å²) < 4.78 is 4.99. The van der Waals surface area contributed by atoms with Crippen LogP contribution >= 0.6 is 11.6 Å². The summed E-state index contributed by atoms with van der Waals surface area (Å²) >= 11 is 6.09. The van der Waals surface area contributed by atoms with Crippen LogP contribution in [0.3, 0.4) is 0 Å². The van der Waals surface area contributed by atoms with Crippen LogP contribution in [0, 0.1) is 0 Å². The van der Waals surface area contributed by atoms with E-state index in [0.29, 0.717) is 39.7 Å². The van der Waals surface area contributed by atoms with Crippen molar-refractivity contribution < 1.29 is 19.1 Å². The number of methoxy groups -OCH3 is 1. The Morgan fingerprint density at radius 3 is 2.47 bits per heavy atom. The Labute approximate surface area is 192 Å². The molecule has 1 unspecified atom stereocenters. The van der Waals surface area contributed by atoms with Crippen LogP contribution in [0.2, 0.25) is 5.02 Å². The zero-order valence-corrected chi connectivity index (χ0v) is 19.0. The maximum absolute atomic E-state index is 12.7. The molecule has 0 saturated heterocycles. The number of rotatable bonds is 7. The number of nitrogens with zero attached hydrogens (tertiary/aromatic N) is 1. The highest BCUT2D eigenvalue weighted by Crippen LogP contribution is 2.32. The van der Waals surface area contributed by atoms with Crippen molar-refractivity contribution in [2.45, 2.75) is 32.7 Å². The van der Waals surface area contributed by atoms with Gasteiger partial charge in [0.2, 0.25) is 0 Å². The third-order valence-electron chi connectivity index (χ3n) is 5.36. The van der Waals surface area contributed by atoms with Crippen LogP contribution in [0.15, 0.2) is 59.8 Å². The molecule has 2 aromatic rings. The molecule has 0 bridgehead atoms. The van der Waals surface area contributed by atoms with E-state index < -0.39 is 12.0 Å². The molecular weight excluding hydrogens is 430 g/mol. The lowest BCUT2D eigenvalue weighted by Crippen LogP contribution is -2.48. The average Bonchev–Trinajstić information content (AvgIpc) is 2.79. The van der Waals surface area contributed by atoms with E-state index in [1.807, 2.05) is 6.92 Å². The summed E-state index contributed by atoms with van der Waals surface area (Å²) in [5, 5.41) is 6.07. The lowest BCUT2D eigenvalue weighted by atomic mass is 9.94. The standard InChI is InChI=1S/C24H26ClN3O4/c1-4-5-14-28-15(2)20(23(30)32-3)21(27-24(28)31)16-10-12-17(13-11-16)26-22(29)18-8-6-7-9-19(18)25/h6-13,21H,4-5,14H2,1-3H3,(H,26,29)(H,27,31). The normalized spacial score (nSPS) is 15.9. The quantitative estimate of drug-likeness (QED) is 0.581. The number of anilines is 1. The van der Waals surface area contributed by atoms with Crippen molar-refractivity contribution >= 4 is 35.2 Å². The molecule has 1 atom stereocenters. The summed E-state index contributed by atoms with van der Waals surface area (Å²) in [4.78, 5) is 39.3. The van der Waals surface area contributed by atoms with Gasteiger partial charge in [-0.05, 0) is 43.2 Å². The Morgan fingerprint density at radius 2 is 1.84 bits per heavy atom. The van der Waals surface area contributed by atoms with Crippen molar-refractivity contribution in [2.24, 2.45) is 0 Å². The second kappa shape index (κ2) is 10.3. The number of carbonyl (C=O) groups excluding carboxylic acids is 3. The fourth-order valence-corrected chi connectivity index (χ4v) is 3.82. The van der Waals surface area contributed by atoms with Gasteiger partial charge in [0.05, 0.1) is 29.3 Å². The number of allylic oxidation sites excluding steroid dienone is 1. The molecule has 0 radical (unpaired) electrons. The van der Waals surface area contributed by atoms with Gasteiger partial charge in [0, 0.05) is 17.9 Å². The Kier molecular flexibility index (Phi) is 7.53. The zero-order chi connectivity index (χ0) is 23.3. The first-order valence-corrected chi connectivity index (χ1v) is 10.8. The minimum Gasteiger partial charge on any atom is -0.466 e. The van der Waals surface area contributed by atoms with Gasteiger partial charge in [-0.3, -0.25) is 9.69 Å². The predicted molar refractivity (Wildman–Crippen MR) is 123 cm³/mol. The second-order valence-electron chi connectivity index (χ2n) is 7.43. The van der Waals surface area contributed by atoms with Gasteiger partial charge >= 0.3 is 12.0 Å². The van der Waals surface area contributed by atoms with E-state index in [0.717, 1.165) is 12.8 Å². The fraction of sp³-hybridized carbons (Fsp3) is 0.292. The summed E-state index contributed by atoms with van der Waals surface area (Å²) in [6, 6.07) is 12.8. The highest BCUT2D eigenvalue weighted by molar-refractivity contribution is 6.34. The van der Waals surface area contributed by atoms with E-state index in [9.17, 15) is 14.4 Å². The third-order valence-corrected chi connectivity index (χ3v) is 5.69. The molecule has 1 heterocycles. The molecule has 3 amide bonds. The first-order chi connectivity index (χ1) is 15.4. The van der Waals surface area contributed by atoms with Crippen LogP contribution in [-0.2, 0) is 9.53 Å². The molecule has 0 fully saturated rings. The molecule has 2 N–H and O–H groups in total. The van der Waals surface area contributed by atoms with Gasteiger partial charge in [-0.15, -0.1) is 0 Å². The van der Waals surface area contributed by atoms with Crippen molar-refractivity contribution in [1.82, 2.24) is 10.2 Å². The zero-order valence-electron chi connectivity index (χ0n) is 18.3. The van der Waals surface area contributed by atoms with E-state index >= 15 is 0 Å².